The van der Waals surface area contributed by atoms with Crippen LogP contribution in [0.1, 0.15) is 18.1 Å². The van der Waals surface area contributed by atoms with Crippen molar-refractivity contribution in [2.24, 2.45) is 10.7 Å². The van der Waals surface area contributed by atoms with Crippen molar-refractivity contribution in [1.29, 1.82) is 0 Å². The first-order valence-electron chi connectivity index (χ1n) is 5.67. The Hall–Kier alpha value is -2.24. The first-order chi connectivity index (χ1) is 8.47. The summed E-state index contributed by atoms with van der Waals surface area (Å²) in [6, 6.07) is 3.24. The number of amides is 2. The van der Waals surface area contributed by atoms with Gasteiger partial charge in [-0.2, -0.15) is 0 Å². The predicted octanol–water partition coefficient (Wildman–Crippen LogP) is 1.21. The summed E-state index contributed by atoms with van der Waals surface area (Å²) in [5, 5.41) is 5.17. The third-order valence-corrected chi connectivity index (χ3v) is 2.54. The zero-order valence-electron chi connectivity index (χ0n) is 10.9. The Bertz CT molecular complexity index is 482. The highest BCUT2D eigenvalue weighted by molar-refractivity contribution is 6.02. The molecule has 0 heterocycles. The molecule has 0 radical (unpaired) electrons. The van der Waals surface area contributed by atoms with E-state index in [0.29, 0.717) is 5.69 Å². The van der Waals surface area contributed by atoms with Crippen LogP contribution in [0.3, 0.4) is 0 Å². The molecule has 98 valence electrons. The highest BCUT2D eigenvalue weighted by atomic mass is 16.2. The molecule has 18 heavy (non-hydrogen) atoms. The maximum Gasteiger partial charge on any atom is 0.326 e. The van der Waals surface area contributed by atoms with Crippen molar-refractivity contribution in [2.45, 2.75) is 20.3 Å². The van der Waals surface area contributed by atoms with Gasteiger partial charge in [-0.05, 0) is 36.6 Å². The van der Waals surface area contributed by atoms with E-state index >= 15 is 0 Å². The normalized spacial score (nSPS) is 11.2. The van der Waals surface area contributed by atoms with Crippen LogP contribution in [-0.2, 0) is 6.42 Å². The minimum atomic E-state index is -0.416. The fourth-order valence-electron chi connectivity index (χ4n) is 1.67. The molecule has 6 heteroatoms. The molecule has 0 saturated carbocycles. The number of hydrogen-bond acceptors (Lipinski definition) is 3. The average Bonchev–Trinajstić information content (AvgIpc) is 2.31. The van der Waals surface area contributed by atoms with Crippen LogP contribution in [0.4, 0.5) is 16.2 Å². The summed E-state index contributed by atoms with van der Waals surface area (Å²) < 4.78 is 0. The maximum atomic E-state index is 11.7. The van der Waals surface area contributed by atoms with Crippen LogP contribution in [0, 0.1) is 6.92 Å². The van der Waals surface area contributed by atoms with E-state index in [1.165, 1.54) is 7.05 Å². The highest BCUT2D eigenvalue weighted by Gasteiger charge is 2.10. The van der Waals surface area contributed by atoms with Gasteiger partial charge in [0.15, 0.2) is 5.96 Å². The van der Waals surface area contributed by atoms with E-state index in [9.17, 15) is 4.79 Å². The molecular weight excluding hydrogens is 230 g/mol. The number of nitrogens with two attached hydrogens (primary N) is 2. The van der Waals surface area contributed by atoms with Gasteiger partial charge in [0.25, 0.3) is 0 Å². The summed E-state index contributed by atoms with van der Waals surface area (Å²) in [5.41, 5.74) is 14.5. The number of aryl methyl sites for hydroxylation is 2. The number of nitrogens with zero attached hydrogens (tertiary/aromatic N) is 1. The van der Waals surface area contributed by atoms with Crippen molar-refractivity contribution < 1.29 is 4.79 Å². The number of nitrogen functional groups attached to an aromatic ring is 1. The smallest absolute Gasteiger partial charge is 0.326 e. The van der Waals surface area contributed by atoms with Gasteiger partial charge in [-0.1, -0.05) is 6.92 Å². The quantitative estimate of drug-likeness (QED) is 0.359. The number of anilines is 2. The highest BCUT2D eigenvalue weighted by Crippen LogP contribution is 2.24. The zero-order valence-corrected chi connectivity index (χ0v) is 10.9. The molecule has 0 aliphatic heterocycles. The lowest BCUT2D eigenvalue weighted by molar-refractivity contribution is 0.256. The molecule has 0 bridgehead atoms. The second kappa shape index (κ2) is 5.90. The molecule has 1 rings (SSSR count). The van der Waals surface area contributed by atoms with Gasteiger partial charge in [0, 0.05) is 18.4 Å². The molecule has 0 unspecified atom stereocenters. The van der Waals surface area contributed by atoms with Gasteiger partial charge in [0.05, 0.1) is 0 Å². The number of carbonyl (C=O) groups excluding carboxylic acids is 1. The van der Waals surface area contributed by atoms with E-state index in [1.807, 2.05) is 26.0 Å². The molecule has 6 N–H and O–H groups in total. The third-order valence-electron chi connectivity index (χ3n) is 2.54. The van der Waals surface area contributed by atoms with E-state index < -0.39 is 6.03 Å². The fraction of sp³-hybridized carbons (Fsp3) is 0.333. The molecule has 1 aromatic rings. The lowest BCUT2D eigenvalue weighted by Crippen LogP contribution is -2.39. The van der Waals surface area contributed by atoms with Gasteiger partial charge in [0.1, 0.15) is 0 Å². The van der Waals surface area contributed by atoms with Crippen LogP contribution in [0.5, 0.6) is 0 Å². The topological polar surface area (TPSA) is 106 Å². The van der Waals surface area contributed by atoms with Crippen LogP contribution >= 0.6 is 0 Å². The van der Waals surface area contributed by atoms with E-state index in [4.69, 9.17) is 11.5 Å². The van der Waals surface area contributed by atoms with Crippen molar-refractivity contribution >= 4 is 23.4 Å². The molecule has 0 aliphatic rings. The predicted molar refractivity (Wildman–Crippen MR) is 74.7 cm³/mol. The Labute approximate surface area is 106 Å². The number of nitrogens with one attached hydrogen (secondary N) is 2. The number of hydrogen-bond donors (Lipinski definition) is 4. The summed E-state index contributed by atoms with van der Waals surface area (Å²) in [4.78, 5) is 15.3. The van der Waals surface area contributed by atoms with Gasteiger partial charge in [0.2, 0.25) is 0 Å². The van der Waals surface area contributed by atoms with Crippen LogP contribution in [0.2, 0.25) is 0 Å². The molecule has 2 amide bonds. The number of rotatable bonds is 2. The number of carbonyl (C=O) groups is 1. The van der Waals surface area contributed by atoms with E-state index in [0.717, 1.165) is 23.2 Å². The van der Waals surface area contributed by atoms with Crippen LogP contribution in [0.15, 0.2) is 17.1 Å². The van der Waals surface area contributed by atoms with Crippen molar-refractivity contribution in [1.82, 2.24) is 5.32 Å². The second-order valence-electron chi connectivity index (χ2n) is 3.91. The minimum absolute atomic E-state index is 0.0682. The Kier molecular flexibility index (Phi) is 4.53. The van der Waals surface area contributed by atoms with E-state index in [1.54, 1.807) is 0 Å². The molecule has 0 aromatic heterocycles. The van der Waals surface area contributed by atoms with Gasteiger partial charge in [-0.15, -0.1) is 0 Å². The minimum Gasteiger partial charge on any atom is -0.399 e. The lowest BCUT2D eigenvalue weighted by Gasteiger charge is -2.14. The van der Waals surface area contributed by atoms with Gasteiger partial charge in [-0.3, -0.25) is 10.3 Å². The molecule has 0 atom stereocenters. The Balaban J connectivity index is 2.93. The molecule has 0 spiro atoms. The van der Waals surface area contributed by atoms with Crippen molar-refractivity contribution in [2.75, 3.05) is 18.1 Å². The Morgan fingerprint density at radius 3 is 2.67 bits per heavy atom. The molecule has 6 nitrogen and oxygen atoms in total. The van der Waals surface area contributed by atoms with Crippen LogP contribution in [-0.4, -0.2) is 19.0 Å². The maximum absolute atomic E-state index is 11.7. The monoisotopic (exact) mass is 249 g/mol. The molecule has 0 fully saturated rings. The number of aliphatic imine (C=N–C) groups is 1. The van der Waals surface area contributed by atoms with Crippen LogP contribution in [0.25, 0.3) is 0 Å². The number of guanidine groups is 1. The number of urea groups is 1. The Morgan fingerprint density at radius 1 is 1.44 bits per heavy atom. The number of benzene rings is 1. The SMILES string of the molecule is CCc1cc(N)cc(C)c1NC(=O)NC(N)=NC. The third kappa shape index (κ3) is 3.38. The van der Waals surface area contributed by atoms with E-state index in [2.05, 4.69) is 15.6 Å². The second-order valence-corrected chi connectivity index (χ2v) is 3.91. The lowest BCUT2D eigenvalue weighted by atomic mass is 10.0. The summed E-state index contributed by atoms with van der Waals surface area (Å²) in [7, 11) is 1.50. The molecular formula is C12H19N5O. The fourth-order valence-corrected chi connectivity index (χ4v) is 1.67. The molecule has 0 aliphatic carbocycles. The largest absolute Gasteiger partial charge is 0.399 e. The standard InChI is InChI=1S/C12H19N5O/c1-4-8-6-9(13)5-7(2)10(8)16-12(18)17-11(14)15-3/h5-6H,4,13H2,1-3H3,(H4,14,15,16,17,18). The van der Waals surface area contributed by atoms with E-state index in [-0.39, 0.29) is 5.96 Å². The summed E-state index contributed by atoms with van der Waals surface area (Å²) in [5.74, 6) is 0.0682. The summed E-state index contributed by atoms with van der Waals surface area (Å²) >= 11 is 0. The zero-order chi connectivity index (χ0) is 13.7. The van der Waals surface area contributed by atoms with Gasteiger partial charge < -0.3 is 16.8 Å². The van der Waals surface area contributed by atoms with Crippen LogP contribution < -0.4 is 22.1 Å². The molecule has 1 aromatic carbocycles. The summed E-state index contributed by atoms with van der Waals surface area (Å²) in [6.45, 7) is 3.89. The first-order valence-corrected chi connectivity index (χ1v) is 5.67. The van der Waals surface area contributed by atoms with Gasteiger partial charge in [-0.25, -0.2) is 4.79 Å². The average molecular weight is 249 g/mol. The molecule has 0 saturated heterocycles. The Morgan fingerprint density at radius 2 is 2.11 bits per heavy atom. The van der Waals surface area contributed by atoms with Crippen molar-refractivity contribution in [3.63, 3.8) is 0 Å². The summed E-state index contributed by atoms with van der Waals surface area (Å²) in [6.07, 6.45) is 0.777. The van der Waals surface area contributed by atoms with Crippen molar-refractivity contribution in [3.05, 3.63) is 23.3 Å². The van der Waals surface area contributed by atoms with Crippen molar-refractivity contribution in [3.8, 4) is 0 Å². The first kappa shape index (κ1) is 13.8. The van der Waals surface area contributed by atoms with Gasteiger partial charge >= 0.3 is 6.03 Å².